The Bertz CT molecular complexity index is 77.1. The van der Waals surface area contributed by atoms with Crippen molar-refractivity contribution in [2.24, 2.45) is 5.41 Å². The van der Waals surface area contributed by atoms with Gasteiger partial charge in [0.25, 0.3) is 0 Å². The van der Waals surface area contributed by atoms with Gasteiger partial charge in [0, 0.05) is 7.11 Å². The van der Waals surface area contributed by atoms with Crippen LogP contribution < -0.4 is 0 Å². The molecule has 0 saturated heterocycles. The van der Waals surface area contributed by atoms with Crippen molar-refractivity contribution in [1.29, 1.82) is 0 Å². The van der Waals surface area contributed by atoms with Gasteiger partial charge in [-0.05, 0) is 12.3 Å². The Morgan fingerprint density at radius 1 is 1.22 bits per heavy atom. The van der Waals surface area contributed by atoms with Crippen molar-refractivity contribution >= 4 is 0 Å². The van der Waals surface area contributed by atoms with Crippen LogP contribution in [0.2, 0.25) is 0 Å². The molecule has 0 radical (unpaired) electrons. The van der Waals surface area contributed by atoms with Crippen molar-refractivity contribution in [2.45, 2.75) is 27.7 Å². The Kier molecular flexibility index (Phi) is 5.83. The van der Waals surface area contributed by atoms with E-state index in [1.807, 2.05) is 0 Å². The monoisotopic (exact) mass is 130 g/mol. The van der Waals surface area contributed by atoms with E-state index < -0.39 is 0 Å². The van der Waals surface area contributed by atoms with E-state index in [-0.39, 0.29) is 0 Å². The number of rotatable bonds is 0. The number of aliphatic hydroxyl groups is 1. The summed E-state index contributed by atoms with van der Waals surface area (Å²) in [5.41, 5.74) is 1.55. The predicted octanol–water partition coefficient (Wildman–Crippen LogP) is 2.22. The van der Waals surface area contributed by atoms with Gasteiger partial charge in [-0.3, -0.25) is 0 Å². The number of aliphatic hydroxyl groups excluding tert-OH is 1. The van der Waals surface area contributed by atoms with Gasteiger partial charge in [-0.15, -0.1) is 0 Å². The maximum absolute atomic E-state index is 7.00. The van der Waals surface area contributed by atoms with Crippen LogP contribution >= 0.6 is 0 Å². The van der Waals surface area contributed by atoms with Gasteiger partial charge in [-0.25, -0.2) is 0 Å². The molecule has 1 nitrogen and oxygen atoms in total. The lowest BCUT2D eigenvalue weighted by Gasteiger charge is -2.16. The summed E-state index contributed by atoms with van der Waals surface area (Å²) in [6.07, 6.45) is 0. The van der Waals surface area contributed by atoms with Crippen LogP contribution in [0.5, 0.6) is 0 Å². The van der Waals surface area contributed by atoms with Gasteiger partial charge in [0.1, 0.15) is 0 Å². The van der Waals surface area contributed by atoms with E-state index in [4.69, 9.17) is 5.11 Å². The van der Waals surface area contributed by atoms with E-state index in [9.17, 15) is 0 Å². The van der Waals surface area contributed by atoms with Gasteiger partial charge in [-0.2, -0.15) is 0 Å². The molecule has 0 aliphatic heterocycles. The van der Waals surface area contributed by atoms with Gasteiger partial charge >= 0.3 is 0 Å². The second-order valence-corrected chi connectivity index (χ2v) is 3.03. The summed E-state index contributed by atoms with van der Waals surface area (Å²) < 4.78 is 0. The topological polar surface area (TPSA) is 20.2 Å². The van der Waals surface area contributed by atoms with Crippen molar-refractivity contribution < 1.29 is 5.11 Å². The van der Waals surface area contributed by atoms with E-state index >= 15 is 0 Å². The van der Waals surface area contributed by atoms with Crippen molar-refractivity contribution in [3.63, 3.8) is 0 Å². The molecule has 0 fully saturated rings. The Balaban J connectivity index is 0. The van der Waals surface area contributed by atoms with Crippen molar-refractivity contribution in [1.82, 2.24) is 0 Å². The molecular formula is C8H18O. The molecule has 0 aliphatic carbocycles. The predicted molar refractivity (Wildman–Crippen MR) is 42.4 cm³/mol. The van der Waals surface area contributed by atoms with Crippen LogP contribution in [-0.4, -0.2) is 12.2 Å². The second-order valence-electron chi connectivity index (χ2n) is 3.03. The number of hydrogen-bond donors (Lipinski definition) is 1. The van der Waals surface area contributed by atoms with Crippen LogP contribution in [-0.2, 0) is 0 Å². The molecule has 9 heavy (non-hydrogen) atoms. The van der Waals surface area contributed by atoms with Gasteiger partial charge in [0.15, 0.2) is 0 Å². The van der Waals surface area contributed by atoms with E-state index in [0.717, 1.165) is 7.11 Å². The smallest absolute Gasteiger partial charge is 0.0319 e. The summed E-state index contributed by atoms with van der Waals surface area (Å²) in [5, 5.41) is 7.00. The Labute approximate surface area is 58.4 Å². The molecule has 0 saturated carbocycles. The molecule has 0 rings (SSSR count). The van der Waals surface area contributed by atoms with E-state index in [0.29, 0.717) is 5.41 Å². The summed E-state index contributed by atoms with van der Waals surface area (Å²) >= 11 is 0. The summed E-state index contributed by atoms with van der Waals surface area (Å²) in [6, 6.07) is 0. The molecule has 0 aromatic carbocycles. The lowest BCUT2D eigenvalue weighted by Crippen LogP contribution is -2.04. The first-order valence-electron chi connectivity index (χ1n) is 3.05. The Morgan fingerprint density at radius 3 is 1.33 bits per heavy atom. The second kappa shape index (κ2) is 4.57. The van der Waals surface area contributed by atoms with Crippen LogP contribution in [0.1, 0.15) is 27.7 Å². The molecule has 0 aromatic heterocycles. The molecule has 0 amide bonds. The fraction of sp³-hybridized carbons (Fsp3) is 0.750. The quantitative estimate of drug-likeness (QED) is 0.498. The maximum Gasteiger partial charge on any atom is 0.0319 e. The highest BCUT2D eigenvalue weighted by Gasteiger charge is 2.08. The third-order valence-corrected chi connectivity index (χ3v) is 1.28. The first kappa shape index (κ1) is 11.5. The van der Waals surface area contributed by atoms with Crippen molar-refractivity contribution in [2.75, 3.05) is 7.11 Å². The zero-order chi connectivity index (χ0) is 8.08. The molecule has 0 spiro atoms. The first-order valence-corrected chi connectivity index (χ1v) is 3.05. The molecular weight excluding hydrogens is 112 g/mol. The molecule has 0 unspecified atom stereocenters. The molecule has 56 valence electrons. The third-order valence-electron chi connectivity index (χ3n) is 1.28. The van der Waals surface area contributed by atoms with Crippen LogP contribution in [0.3, 0.4) is 0 Å². The molecule has 0 bridgehead atoms. The summed E-state index contributed by atoms with van der Waals surface area (Å²) in [7, 11) is 1.00. The van der Waals surface area contributed by atoms with Gasteiger partial charge in [0.2, 0.25) is 0 Å². The average molecular weight is 130 g/mol. The number of hydrogen-bond acceptors (Lipinski definition) is 1. The lowest BCUT2D eigenvalue weighted by molar-refractivity contribution is 0.399. The largest absolute Gasteiger partial charge is 0.400 e. The minimum Gasteiger partial charge on any atom is -0.400 e. The van der Waals surface area contributed by atoms with Crippen LogP contribution in [0.25, 0.3) is 0 Å². The molecule has 0 atom stereocenters. The normalized spacial score (nSPS) is 9.56. The maximum atomic E-state index is 7.00. The highest BCUT2D eigenvalue weighted by molar-refractivity contribution is 4.99. The van der Waals surface area contributed by atoms with Crippen molar-refractivity contribution in [3.8, 4) is 0 Å². The van der Waals surface area contributed by atoms with E-state index in [2.05, 4.69) is 34.3 Å². The standard InChI is InChI=1S/C7H14.CH4O/c1-6(2)7(3,4)5;1-2/h1H2,2-5H3;2H,1H3. The van der Waals surface area contributed by atoms with E-state index in [1.165, 1.54) is 5.57 Å². The average Bonchev–Trinajstić information content (AvgIpc) is 1.69. The Hall–Kier alpha value is -0.300. The van der Waals surface area contributed by atoms with E-state index in [1.54, 1.807) is 0 Å². The zero-order valence-electron chi connectivity index (χ0n) is 7.15. The summed E-state index contributed by atoms with van der Waals surface area (Å²) in [4.78, 5) is 0. The molecule has 0 aliphatic rings. The molecule has 1 heteroatoms. The van der Waals surface area contributed by atoms with Crippen LogP contribution in [0.4, 0.5) is 0 Å². The van der Waals surface area contributed by atoms with Gasteiger partial charge < -0.3 is 5.11 Å². The zero-order valence-corrected chi connectivity index (χ0v) is 7.15. The highest BCUT2D eigenvalue weighted by atomic mass is 16.2. The van der Waals surface area contributed by atoms with Crippen molar-refractivity contribution in [3.05, 3.63) is 12.2 Å². The molecule has 0 heterocycles. The first-order chi connectivity index (χ1) is 3.94. The summed E-state index contributed by atoms with van der Waals surface area (Å²) in [6.45, 7) is 12.4. The van der Waals surface area contributed by atoms with Gasteiger partial charge in [0.05, 0.1) is 0 Å². The molecule has 0 aromatic rings. The Morgan fingerprint density at radius 2 is 1.33 bits per heavy atom. The van der Waals surface area contributed by atoms with Crippen LogP contribution in [0.15, 0.2) is 12.2 Å². The SMILES string of the molecule is C=C(C)C(C)(C)C.CO. The molecule has 1 N–H and O–H groups in total. The third kappa shape index (κ3) is 7.70. The fourth-order valence-corrected chi connectivity index (χ4v) is 0. The minimum atomic E-state index is 0.306. The van der Waals surface area contributed by atoms with Gasteiger partial charge in [-0.1, -0.05) is 32.9 Å². The lowest BCUT2D eigenvalue weighted by atomic mass is 9.89. The highest BCUT2D eigenvalue weighted by Crippen LogP contribution is 2.21. The summed E-state index contributed by atoms with van der Waals surface area (Å²) in [5.74, 6) is 0. The number of allylic oxidation sites excluding steroid dienone is 1. The van der Waals surface area contributed by atoms with Crippen LogP contribution in [0, 0.1) is 5.41 Å². The minimum absolute atomic E-state index is 0.306. The fourth-order valence-electron chi connectivity index (χ4n) is 0.